The van der Waals surface area contributed by atoms with Crippen LogP contribution in [0.3, 0.4) is 0 Å². The van der Waals surface area contributed by atoms with Crippen LogP contribution in [0.1, 0.15) is 33.1 Å². The Morgan fingerprint density at radius 3 is 1.76 bits per heavy atom. The number of halogens is 5. The summed E-state index contributed by atoms with van der Waals surface area (Å²) in [6, 6.07) is 0. The van der Waals surface area contributed by atoms with Gasteiger partial charge in [0, 0.05) is 11.8 Å². The van der Waals surface area contributed by atoms with Crippen molar-refractivity contribution < 1.29 is 31.8 Å². The standard InChI is InChI=1S/C14H15F5O2/c1-3-14(4-2)6(20)5-7(14)21-13-11(18)9(16)8(15)10(17)12(13)19/h6-7,20H,3-5H2,1-2H3. The molecule has 0 amide bonds. The van der Waals surface area contributed by atoms with E-state index in [-0.39, 0.29) is 6.42 Å². The van der Waals surface area contributed by atoms with Crippen LogP contribution in [0.15, 0.2) is 0 Å². The molecule has 1 aliphatic rings. The van der Waals surface area contributed by atoms with Crippen molar-refractivity contribution in [3.8, 4) is 5.75 Å². The lowest BCUT2D eigenvalue weighted by Crippen LogP contribution is -2.59. The summed E-state index contributed by atoms with van der Waals surface area (Å²) in [5.41, 5.74) is -0.736. The lowest BCUT2D eigenvalue weighted by Gasteiger charge is -2.52. The third kappa shape index (κ3) is 2.18. The summed E-state index contributed by atoms with van der Waals surface area (Å²) in [6.07, 6.45) is -0.508. The largest absolute Gasteiger partial charge is 0.483 e. The number of benzene rings is 1. The molecule has 0 radical (unpaired) electrons. The first-order chi connectivity index (χ1) is 9.80. The Kier molecular flexibility index (Phi) is 4.15. The summed E-state index contributed by atoms with van der Waals surface area (Å²) in [5, 5.41) is 9.82. The first-order valence-electron chi connectivity index (χ1n) is 6.66. The van der Waals surface area contributed by atoms with Gasteiger partial charge in [0.15, 0.2) is 5.75 Å². The zero-order chi connectivity index (χ0) is 15.9. The number of ether oxygens (including phenoxy) is 1. The topological polar surface area (TPSA) is 29.5 Å². The Balaban J connectivity index is 2.38. The van der Waals surface area contributed by atoms with Crippen LogP contribution in [-0.2, 0) is 0 Å². The van der Waals surface area contributed by atoms with E-state index in [2.05, 4.69) is 0 Å². The molecular weight excluding hydrogens is 295 g/mol. The molecular formula is C14H15F5O2. The summed E-state index contributed by atoms with van der Waals surface area (Å²) >= 11 is 0. The second-order valence-corrected chi connectivity index (χ2v) is 5.20. The molecule has 2 atom stereocenters. The van der Waals surface area contributed by atoms with Crippen molar-refractivity contribution in [2.24, 2.45) is 5.41 Å². The van der Waals surface area contributed by atoms with E-state index < -0.39 is 52.5 Å². The minimum Gasteiger partial charge on any atom is -0.483 e. The summed E-state index contributed by atoms with van der Waals surface area (Å²) < 4.78 is 71.4. The summed E-state index contributed by atoms with van der Waals surface area (Å²) in [7, 11) is 0. The molecule has 1 aliphatic carbocycles. The molecule has 2 unspecified atom stereocenters. The van der Waals surface area contributed by atoms with E-state index in [4.69, 9.17) is 4.74 Å². The lowest BCUT2D eigenvalue weighted by molar-refractivity contribution is -0.161. The fourth-order valence-electron chi connectivity index (χ4n) is 2.90. The molecule has 0 spiro atoms. The van der Waals surface area contributed by atoms with Gasteiger partial charge in [0.2, 0.25) is 29.1 Å². The zero-order valence-corrected chi connectivity index (χ0v) is 11.5. The minimum atomic E-state index is -2.22. The van der Waals surface area contributed by atoms with Crippen LogP contribution < -0.4 is 4.74 Å². The van der Waals surface area contributed by atoms with E-state index in [1.807, 2.05) is 0 Å². The van der Waals surface area contributed by atoms with E-state index in [9.17, 15) is 27.1 Å². The van der Waals surface area contributed by atoms with Gasteiger partial charge in [0.05, 0.1) is 6.10 Å². The van der Waals surface area contributed by atoms with Crippen LogP contribution in [0.4, 0.5) is 22.0 Å². The molecule has 1 fully saturated rings. The first-order valence-corrected chi connectivity index (χ1v) is 6.66. The fourth-order valence-corrected chi connectivity index (χ4v) is 2.90. The summed E-state index contributed by atoms with van der Waals surface area (Å²) in [6.45, 7) is 3.53. The molecule has 1 saturated carbocycles. The molecule has 1 aromatic carbocycles. The van der Waals surface area contributed by atoms with E-state index in [0.717, 1.165) is 0 Å². The van der Waals surface area contributed by atoms with Crippen LogP contribution in [0.25, 0.3) is 0 Å². The van der Waals surface area contributed by atoms with Crippen LogP contribution in [0.5, 0.6) is 5.75 Å². The molecule has 2 nitrogen and oxygen atoms in total. The van der Waals surface area contributed by atoms with Crippen molar-refractivity contribution in [1.82, 2.24) is 0 Å². The van der Waals surface area contributed by atoms with Crippen molar-refractivity contribution in [3.63, 3.8) is 0 Å². The van der Waals surface area contributed by atoms with Gasteiger partial charge in [-0.25, -0.2) is 13.2 Å². The maximum absolute atomic E-state index is 13.6. The zero-order valence-electron chi connectivity index (χ0n) is 11.5. The monoisotopic (exact) mass is 310 g/mol. The number of aliphatic hydroxyl groups is 1. The number of hydrogen-bond donors (Lipinski definition) is 1. The van der Waals surface area contributed by atoms with Crippen molar-refractivity contribution in [2.45, 2.75) is 45.3 Å². The van der Waals surface area contributed by atoms with Gasteiger partial charge in [-0.05, 0) is 12.8 Å². The Morgan fingerprint density at radius 2 is 1.38 bits per heavy atom. The van der Waals surface area contributed by atoms with Gasteiger partial charge in [-0.3, -0.25) is 0 Å². The predicted molar refractivity (Wildman–Crippen MR) is 64.3 cm³/mol. The highest BCUT2D eigenvalue weighted by Crippen LogP contribution is 2.49. The van der Waals surface area contributed by atoms with Gasteiger partial charge in [0.25, 0.3) is 0 Å². The molecule has 0 bridgehead atoms. The van der Waals surface area contributed by atoms with Crippen molar-refractivity contribution in [2.75, 3.05) is 0 Å². The third-order valence-corrected chi connectivity index (χ3v) is 4.49. The second-order valence-electron chi connectivity index (χ2n) is 5.20. The van der Waals surface area contributed by atoms with E-state index in [0.29, 0.717) is 12.8 Å². The third-order valence-electron chi connectivity index (χ3n) is 4.49. The molecule has 1 aromatic rings. The van der Waals surface area contributed by atoms with Crippen molar-refractivity contribution in [3.05, 3.63) is 29.1 Å². The van der Waals surface area contributed by atoms with Crippen LogP contribution in [0, 0.1) is 34.5 Å². The van der Waals surface area contributed by atoms with Crippen LogP contribution in [0.2, 0.25) is 0 Å². The smallest absolute Gasteiger partial charge is 0.207 e. The van der Waals surface area contributed by atoms with Crippen LogP contribution in [-0.4, -0.2) is 17.3 Å². The molecule has 118 valence electrons. The van der Waals surface area contributed by atoms with Gasteiger partial charge in [0.1, 0.15) is 6.10 Å². The van der Waals surface area contributed by atoms with Gasteiger partial charge in [-0.2, -0.15) is 8.78 Å². The highest BCUT2D eigenvalue weighted by Gasteiger charge is 2.54. The van der Waals surface area contributed by atoms with Crippen molar-refractivity contribution in [1.29, 1.82) is 0 Å². The van der Waals surface area contributed by atoms with E-state index in [1.54, 1.807) is 13.8 Å². The Hall–Kier alpha value is -1.37. The molecule has 2 rings (SSSR count). The quantitative estimate of drug-likeness (QED) is 0.522. The second kappa shape index (κ2) is 5.44. The Bertz CT molecular complexity index is 528. The minimum absolute atomic E-state index is 0.0845. The molecule has 1 N–H and O–H groups in total. The molecule has 0 heterocycles. The highest BCUT2D eigenvalue weighted by molar-refractivity contribution is 5.30. The number of rotatable bonds is 4. The van der Waals surface area contributed by atoms with Crippen molar-refractivity contribution >= 4 is 0 Å². The molecule has 0 saturated heterocycles. The van der Waals surface area contributed by atoms with Gasteiger partial charge >= 0.3 is 0 Å². The molecule has 0 aliphatic heterocycles. The van der Waals surface area contributed by atoms with Gasteiger partial charge < -0.3 is 9.84 Å². The maximum atomic E-state index is 13.6. The summed E-state index contributed by atoms with van der Waals surface area (Å²) in [4.78, 5) is 0. The summed E-state index contributed by atoms with van der Waals surface area (Å²) in [5.74, 6) is -11.6. The fraction of sp³-hybridized carbons (Fsp3) is 0.571. The van der Waals surface area contributed by atoms with Gasteiger partial charge in [-0.15, -0.1) is 0 Å². The number of aliphatic hydroxyl groups excluding tert-OH is 1. The molecule has 0 aromatic heterocycles. The average molecular weight is 310 g/mol. The SMILES string of the molecule is CCC1(CC)C(O)CC1Oc1c(F)c(F)c(F)c(F)c1F. The lowest BCUT2D eigenvalue weighted by atomic mass is 9.60. The first kappa shape index (κ1) is 16.0. The predicted octanol–water partition coefficient (Wildman–Crippen LogP) is 3.70. The Labute approximate surface area is 118 Å². The normalized spacial score (nSPS) is 23.8. The van der Waals surface area contributed by atoms with E-state index >= 15 is 0 Å². The van der Waals surface area contributed by atoms with Crippen LogP contribution >= 0.6 is 0 Å². The number of hydrogen-bond acceptors (Lipinski definition) is 2. The molecule has 7 heteroatoms. The molecule has 21 heavy (non-hydrogen) atoms. The highest BCUT2D eigenvalue weighted by atomic mass is 19.2. The van der Waals surface area contributed by atoms with E-state index in [1.165, 1.54) is 0 Å². The maximum Gasteiger partial charge on any atom is 0.207 e. The Morgan fingerprint density at radius 1 is 0.952 bits per heavy atom. The average Bonchev–Trinajstić information content (AvgIpc) is 2.47. The van der Waals surface area contributed by atoms with Gasteiger partial charge in [-0.1, -0.05) is 13.8 Å².